The van der Waals surface area contributed by atoms with Gasteiger partial charge in [0, 0.05) is 15.4 Å². The maximum Gasteiger partial charge on any atom is 0.327 e. The van der Waals surface area contributed by atoms with Gasteiger partial charge in [-0.15, -0.1) is 0 Å². The number of anilines is 1. The number of hydrogen-bond acceptors (Lipinski definition) is 5. The number of nitrogens with zero attached hydrogens (tertiary/aromatic N) is 2. The van der Waals surface area contributed by atoms with Crippen molar-refractivity contribution in [1.29, 1.82) is 0 Å². The third kappa shape index (κ3) is 5.85. The van der Waals surface area contributed by atoms with Crippen LogP contribution in [0.25, 0.3) is 10.8 Å². The van der Waals surface area contributed by atoms with E-state index < -0.39 is 28.1 Å². The lowest BCUT2D eigenvalue weighted by Gasteiger charge is -2.29. The lowest BCUT2D eigenvalue weighted by Crippen LogP contribution is -2.39. The van der Waals surface area contributed by atoms with Gasteiger partial charge in [-0.1, -0.05) is 59.6 Å². The average molecular weight is 507 g/mol. The highest BCUT2D eigenvalue weighted by atomic mass is 35.5. The molecule has 33 heavy (non-hydrogen) atoms. The summed E-state index contributed by atoms with van der Waals surface area (Å²) < 4.78 is 34.3. The van der Waals surface area contributed by atoms with Gasteiger partial charge in [-0.2, -0.15) is 0 Å². The fourth-order valence-electron chi connectivity index (χ4n) is 3.42. The molecular weight excluding hydrogens is 483 g/mol. The van der Waals surface area contributed by atoms with Gasteiger partial charge in [0.15, 0.2) is 0 Å². The molecule has 0 saturated carbocycles. The van der Waals surface area contributed by atoms with Crippen molar-refractivity contribution >= 4 is 62.4 Å². The number of carbonyl (C=O) groups is 1. The van der Waals surface area contributed by atoms with Crippen LogP contribution in [0.5, 0.6) is 0 Å². The number of carbonyl (C=O) groups excluding carboxylic acids is 1. The first-order valence-electron chi connectivity index (χ1n) is 10.1. The number of fused-ring (bicyclic) bond motifs is 1. The molecule has 0 fully saturated rings. The van der Waals surface area contributed by atoms with E-state index in [0.29, 0.717) is 16.6 Å². The van der Waals surface area contributed by atoms with E-state index in [1.54, 1.807) is 39.0 Å². The number of aliphatic imine (C=N–C) groups is 1. The minimum Gasteiger partial charge on any atom is -0.459 e. The molecule has 0 saturated heterocycles. The molecule has 0 aliphatic heterocycles. The van der Waals surface area contributed by atoms with Gasteiger partial charge in [-0.3, -0.25) is 14.1 Å². The number of halogens is 2. The maximum absolute atomic E-state index is 13.9. The van der Waals surface area contributed by atoms with Crippen molar-refractivity contribution in [3.8, 4) is 0 Å². The number of esters is 1. The Morgan fingerprint density at radius 2 is 1.70 bits per heavy atom. The Labute approximate surface area is 203 Å². The van der Waals surface area contributed by atoms with Gasteiger partial charge < -0.3 is 4.74 Å². The number of sulfonamides is 1. The standard InChI is InChI=1S/C24H24Cl2N2O4S/c1-24(2,3)32-22(29)15-28(33(30,31)20-12-18(25)11-19(26)13-20)23-17(14-27-4)10-9-16-7-5-6-8-21(16)23/h5-13H,4,14-15H2,1-3H3. The lowest BCUT2D eigenvalue weighted by atomic mass is 10.0. The molecule has 0 N–H and O–H groups in total. The Morgan fingerprint density at radius 1 is 1.06 bits per heavy atom. The van der Waals surface area contributed by atoms with Gasteiger partial charge in [0.2, 0.25) is 0 Å². The number of hydrogen-bond donors (Lipinski definition) is 0. The summed E-state index contributed by atoms with van der Waals surface area (Å²) in [6, 6.07) is 15.0. The molecule has 0 amide bonds. The largest absolute Gasteiger partial charge is 0.459 e. The van der Waals surface area contributed by atoms with Crippen molar-refractivity contribution in [2.75, 3.05) is 10.8 Å². The molecule has 0 spiro atoms. The van der Waals surface area contributed by atoms with Crippen LogP contribution in [-0.2, 0) is 26.1 Å². The van der Waals surface area contributed by atoms with Gasteiger partial charge in [0.25, 0.3) is 10.0 Å². The molecular formula is C24H24Cl2N2O4S. The lowest BCUT2D eigenvalue weighted by molar-refractivity contribution is -0.152. The van der Waals surface area contributed by atoms with Crippen LogP contribution in [0.2, 0.25) is 10.0 Å². The number of rotatable bonds is 7. The molecule has 174 valence electrons. The molecule has 0 unspecified atom stereocenters. The summed E-state index contributed by atoms with van der Waals surface area (Å²) in [6.07, 6.45) is 0. The van der Waals surface area contributed by atoms with E-state index in [1.165, 1.54) is 18.2 Å². The van der Waals surface area contributed by atoms with Crippen LogP contribution >= 0.6 is 23.2 Å². The van der Waals surface area contributed by atoms with Crippen LogP contribution in [0.4, 0.5) is 5.69 Å². The highest BCUT2D eigenvalue weighted by Gasteiger charge is 2.32. The van der Waals surface area contributed by atoms with Gasteiger partial charge in [-0.05, 0) is 56.6 Å². The van der Waals surface area contributed by atoms with Gasteiger partial charge in [0.1, 0.15) is 12.1 Å². The zero-order valence-corrected chi connectivity index (χ0v) is 20.8. The molecule has 0 aromatic heterocycles. The molecule has 0 atom stereocenters. The van der Waals surface area contributed by atoms with Gasteiger partial charge in [-0.25, -0.2) is 8.42 Å². The maximum atomic E-state index is 13.9. The van der Waals surface area contributed by atoms with E-state index in [-0.39, 0.29) is 21.5 Å². The summed E-state index contributed by atoms with van der Waals surface area (Å²) in [5, 5.41) is 1.75. The minimum absolute atomic E-state index is 0.144. The summed E-state index contributed by atoms with van der Waals surface area (Å²) in [7, 11) is -4.28. The predicted molar refractivity (Wildman–Crippen MR) is 134 cm³/mol. The van der Waals surface area contributed by atoms with Crippen LogP contribution in [-0.4, -0.2) is 33.3 Å². The highest BCUT2D eigenvalue weighted by Crippen LogP contribution is 2.36. The molecule has 0 aliphatic carbocycles. The highest BCUT2D eigenvalue weighted by molar-refractivity contribution is 7.93. The molecule has 3 rings (SSSR count). The summed E-state index contributed by atoms with van der Waals surface area (Å²) in [4.78, 5) is 16.6. The molecule has 0 radical (unpaired) electrons. The van der Waals surface area contributed by atoms with E-state index in [4.69, 9.17) is 27.9 Å². The fraction of sp³-hybridized carbons (Fsp3) is 0.250. The van der Waals surface area contributed by atoms with Crippen molar-refractivity contribution in [3.63, 3.8) is 0 Å². The average Bonchev–Trinajstić information content (AvgIpc) is 2.70. The third-order valence-electron chi connectivity index (χ3n) is 4.63. The molecule has 6 nitrogen and oxygen atoms in total. The minimum atomic E-state index is -4.28. The second kappa shape index (κ2) is 9.71. The molecule has 0 aliphatic rings. The number of ether oxygens (including phenoxy) is 1. The fourth-order valence-corrected chi connectivity index (χ4v) is 5.62. The second-order valence-electron chi connectivity index (χ2n) is 8.38. The summed E-state index contributed by atoms with van der Waals surface area (Å²) in [5.41, 5.74) is 0.113. The van der Waals surface area contributed by atoms with Crippen molar-refractivity contribution in [2.24, 2.45) is 4.99 Å². The van der Waals surface area contributed by atoms with Crippen molar-refractivity contribution in [3.05, 3.63) is 70.2 Å². The van der Waals surface area contributed by atoms with Crippen molar-refractivity contribution in [2.45, 2.75) is 37.8 Å². The van der Waals surface area contributed by atoms with Crippen molar-refractivity contribution in [1.82, 2.24) is 0 Å². The number of benzene rings is 3. The Kier molecular flexibility index (Phi) is 7.36. The van der Waals surface area contributed by atoms with Crippen LogP contribution in [0.1, 0.15) is 26.3 Å². The Morgan fingerprint density at radius 3 is 2.30 bits per heavy atom. The van der Waals surface area contributed by atoms with Gasteiger partial charge in [0.05, 0.1) is 17.1 Å². The second-order valence-corrected chi connectivity index (χ2v) is 11.1. The Balaban J connectivity index is 2.29. The van der Waals surface area contributed by atoms with E-state index in [1.807, 2.05) is 18.2 Å². The normalized spacial score (nSPS) is 11.9. The molecule has 3 aromatic rings. The molecule has 0 heterocycles. The predicted octanol–water partition coefficient (Wildman–Crippen LogP) is 5.88. The monoisotopic (exact) mass is 506 g/mol. The van der Waals surface area contributed by atoms with E-state index >= 15 is 0 Å². The van der Waals surface area contributed by atoms with E-state index in [9.17, 15) is 13.2 Å². The smallest absolute Gasteiger partial charge is 0.327 e. The molecule has 9 heteroatoms. The molecule has 3 aromatic carbocycles. The van der Waals surface area contributed by atoms with Crippen LogP contribution in [0, 0.1) is 0 Å². The van der Waals surface area contributed by atoms with E-state index in [0.717, 1.165) is 9.69 Å². The quantitative estimate of drug-likeness (QED) is 0.296. The van der Waals surface area contributed by atoms with Crippen LogP contribution in [0.15, 0.2) is 64.5 Å². The zero-order valence-electron chi connectivity index (χ0n) is 18.5. The first-order valence-corrected chi connectivity index (χ1v) is 12.3. The van der Waals surface area contributed by atoms with Crippen LogP contribution in [0.3, 0.4) is 0 Å². The first kappa shape index (κ1) is 25.0. The summed E-state index contributed by atoms with van der Waals surface area (Å²) in [5.74, 6) is -0.704. The van der Waals surface area contributed by atoms with Crippen molar-refractivity contribution < 1.29 is 17.9 Å². The molecule has 0 bridgehead atoms. The SMILES string of the molecule is C=NCc1ccc2ccccc2c1N(CC(=O)OC(C)(C)C)S(=O)(=O)c1cc(Cl)cc(Cl)c1. The Bertz CT molecular complexity index is 1300. The van der Waals surface area contributed by atoms with Gasteiger partial charge >= 0.3 is 5.97 Å². The van der Waals surface area contributed by atoms with Crippen LogP contribution < -0.4 is 4.31 Å². The Hall–Kier alpha value is -2.61. The third-order valence-corrected chi connectivity index (χ3v) is 6.79. The first-order chi connectivity index (χ1) is 15.4. The summed E-state index contributed by atoms with van der Waals surface area (Å²) >= 11 is 12.2. The summed E-state index contributed by atoms with van der Waals surface area (Å²) in [6.45, 7) is 8.28. The van der Waals surface area contributed by atoms with E-state index in [2.05, 4.69) is 11.7 Å². The zero-order chi connectivity index (χ0) is 24.4. The topological polar surface area (TPSA) is 76.0 Å².